The fourth-order valence-corrected chi connectivity index (χ4v) is 3.98. The monoisotopic (exact) mass is 406 g/mol. The predicted molar refractivity (Wildman–Crippen MR) is 113 cm³/mol. The standard InChI is InChI=1S/C22H22N4O4/c27-20(23-16-8-2-1-3-9-16)14-25-22(28)19-12-5-4-11-18(19)21(24-25)15-7-6-10-17(13-15)26(29)30/h4-7,10-13,16H,1-3,8-9,14H2,(H,23,27). The first-order valence-electron chi connectivity index (χ1n) is 10.1. The summed E-state index contributed by atoms with van der Waals surface area (Å²) >= 11 is 0. The Balaban J connectivity index is 1.73. The number of fused-ring (bicyclic) bond motifs is 1. The van der Waals surface area contributed by atoms with E-state index in [-0.39, 0.29) is 29.7 Å². The van der Waals surface area contributed by atoms with Gasteiger partial charge in [0.05, 0.1) is 16.0 Å². The van der Waals surface area contributed by atoms with Gasteiger partial charge in [0.25, 0.3) is 11.2 Å². The molecule has 1 aliphatic carbocycles. The maximum Gasteiger partial charge on any atom is 0.275 e. The van der Waals surface area contributed by atoms with E-state index in [2.05, 4.69) is 10.4 Å². The zero-order valence-corrected chi connectivity index (χ0v) is 16.4. The van der Waals surface area contributed by atoms with Crippen LogP contribution in [0.5, 0.6) is 0 Å². The molecule has 1 N–H and O–H groups in total. The van der Waals surface area contributed by atoms with Crippen LogP contribution in [-0.4, -0.2) is 26.7 Å². The first-order chi connectivity index (χ1) is 14.5. The fourth-order valence-electron chi connectivity index (χ4n) is 3.98. The van der Waals surface area contributed by atoms with Gasteiger partial charge in [-0.25, -0.2) is 4.68 Å². The molecule has 0 aliphatic heterocycles. The highest BCUT2D eigenvalue weighted by Crippen LogP contribution is 2.27. The van der Waals surface area contributed by atoms with Crippen molar-refractivity contribution in [1.82, 2.24) is 15.1 Å². The number of benzene rings is 2. The Bertz CT molecular complexity index is 1170. The van der Waals surface area contributed by atoms with Gasteiger partial charge in [0.15, 0.2) is 0 Å². The quantitative estimate of drug-likeness (QED) is 0.516. The number of hydrogen-bond donors (Lipinski definition) is 1. The van der Waals surface area contributed by atoms with Gasteiger partial charge in [-0.1, -0.05) is 49.6 Å². The predicted octanol–water partition coefficient (Wildman–Crippen LogP) is 3.42. The molecule has 0 atom stereocenters. The van der Waals surface area contributed by atoms with Crippen LogP contribution in [0.15, 0.2) is 53.3 Å². The molecule has 3 aromatic rings. The summed E-state index contributed by atoms with van der Waals surface area (Å²) in [4.78, 5) is 36.2. The number of carbonyl (C=O) groups excluding carboxylic acids is 1. The molecule has 1 amide bonds. The lowest BCUT2D eigenvalue weighted by Gasteiger charge is -2.22. The number of rotatable bonds is 5. The highest BCUT2D eigenvalue weighted by molar-refractivity contribution is 5.94. The van der Waals surface area contributed by atoms with E-state index in [1.165, 1.54) is 18.6 Å². The van der Waals surface area contributed by atoms with Crippen molar-refractivity contribution in [3.63, 3.8) is 0 Å². The number of non-ortho nitro benzene ring substituents is 1. The molecule has 0 radical (unpaired) electrons. The van der Waals surface area contributed by atoms with E-state index in [4.69, 9.17) is 0 Å². The number of hydrogen-bond acceptors (Lipinski definition) is 5. The third kappa shape index (κ3) is 4.07. The van der Waals surface area contributed by atoms with Crippen LogP contribution in [0.3, 0.4) is 0 Å². The molecule has 2 aromatic carbocycles. The highest BCUT2D eigenvalue weighted by atomic mass is 16.6. The summed E-state index contributed by atoms with van der Waals surface area (Å²) < 4.78 is 1.15. The fraction of sp³-hybridized carbons (Fsp3) is 0.318. The molecule has 0 unspecified atom stereocenters. The second kappa shape index (κ2) is 8.44. The van der Waals surface area contributed by atoms with Crippen LogP contribution >= 0.6 is 0 Å². The summed E-state index contributed by atoms with van der Waals surface area (Å²) in [5.74, 6) is -0.253. The van der Waals surface area contributed by atoms with Crippen molar-refractivity contribution in [3.8, 4) is 11.3 Å². The lowest BCUT2D eigenvalue weighted by Crippen LogP contribution is -2.40. The van der Waals surface area contributed by atoms with Crippen molar-refractivity contribution >= 4 is 22.4 Å². The molecular weight excluding hydrogens is 384 g/mol. The normalized spacial score (nSPS) is 14.5. The van der Waals surface area contributed by atoms with Gasteiger partial charge in [-0.05, 0) is 18.9 Å². The van der Waals surface area contributed by atoms with Gasteiger partial charge in [-0.15, -0.1) is 0 Å². The van der Waals surface area contributed by atoms with Gasteiger partial charge in [-0.2, -0.15) is 5.10 Å². The Morgan fingerprint density at radius 3 is 2.57 bits per heavy atom. The number of nitro groups is 1. The van der Waals surface area contributed by atoms with E-state index in [0.717, 1.165) is 30.4 Å². The molecule has 4 rings (SSSR count). The van der Waals surface area contributed by atoms with E-state index >= 15 is 0 Å². The Kier molecular flexibility index (Phi) is 5.56. The summed E-state index contributed by atoms with van der Waals surface area (Å²) in [6.07, 6.45) is 5.27. The Morgan fingerprint density at radius 1 is 1.10 bits per heavy atom. The van der Waals surface area contributed by atoms with Crippen molar-refractivity contribution in [1.29, 1.82) is 0 Å². The van der Waals surface area contributed by atoms with Crippen molar-refractivity contribution in [2.45, 2.75) is 44.7 Å². The minimum atomic E-state index is -0.473. The summed E-state index contributed by atoms with van der Waals surface area (Å²) in [5.41, 5.74) is 0.519. The number of nitrogens with zero attached hydrogens (tertiary/aromatic N) is 3. The van der Waals surface area contributed by atoms with Crippen molar-refractivity contribution in [2.75, 3.05) is 0 Å². The molecular formula is C22H22N4O4. The topological polar surface area (TPSA) is 107 Å². The second-order valence-electron chi connectivity index (χ2n) is 7.57. The number of aromatic nitrogens is 2. The molecule has 1 heterocycles. The highest BCUT2D eigenvalue weighted by Gasteiger charge is 2.19. The molecule has 0 saturated heterocycles. The van der Waals surface area contributed by atoms with Crippen molar-refractivity contribution in [2.24, 2.45) is 0 Å². The van der Waals surface area contributed by atoms with Crippen LogP contribution in [0.1, 0.15) is 32.1 Å². The van der Waals surface area contributed by atoms with Crippen molar-refractivity contribution in [3.05, 3.63) is 69.0 Å². The summed E-state index contributed by atoms with van der Waals surface area (Å²) in [7, 11) is 0. The molecule has 0 spiro atoms. The molecule has 1 fully saturated rings. The van der Waals surface area contributed by atoms with Crippen LogP contribution in [0.2, 0.25) is 0 Å². The van der Waals surface area contributed by atoms with Gasteiger partial charge in [0, 0.05) is 29.1 Å². The third-order valence-corrected chi connectivity index (χ3v) is 5.46. The average molecular weight is 406 g/mol. The lowest BCUT2D eigenvalue weighted by atomic mass is 9.95. The zero-order valence-electron chi connectivity index (χ0n) is 16.4. The first kappa shape index (κ1) is 19.8. The maximum absolute atomic E-state index is 12.9. The minimum Gasteiger partial charge on any atom is -0.352 e. The molecule has 154 valence electrons. The molecule has 8 heteroatoms. The van der Waals surface area contributed by atoms with E-state index in [1.54, 1.807) is 36.4 Å². The van der Waals surface area contributed by atoms with Gasteiger partial charge in [0.2, 0.25) is 5.91 Å². The second-order valence-corrected chi connectivity index (χ2v) is 7.57. The summed E-state index contributed by atoms with van der Waals surface area (Å²) in [6, 6.07) is 13.2. The lowest BCUT2D eigenvalue weighted by molar-refractivity contribution is -0.384. The van der Waals surface area contributed by atoms with Gasteiger partial charge >= 0.3 is 0 Å². The molecule has 1 aliphatic rings. The molecule has 1 aromatic heterocycles. The third-order valence-electron chi connectivity index (χ3n) is 5.46. The van der Waals surface area contributed by atoms with E-state index in [0.29, 0.717) is 22.0 Å². The molecule has 30 heavy (non-hydrogen) atoms. The van der Waals surface area contributed by atoms with Crippen LogP contribution in [0, 0.1) is 10.1 Å². The number of nitro benzene ring substituents is 1. The van der Waals surface area contributed by atoms with Crippen LogP contribution in [0.25, 0.3) is 22.0 Å². The average Bonchev–Trinajstić information content (AvgIpc) is 2.76. The van der Waals surface area contributed by atoms with Gasteiger partial charge in [-0.3, -0.25) is 19.7 Å². The van der Waals surface area contributed by atoms with Gasteiger partial charge < -0.3 is 5.32 Å². The summed E-state index contributed by atoms with van der Waals surface area (Å²) in [6.45, 7) is -0.192. The molecule has 0 bridgehead atoms. The van der Waals surface area contributed by atoms with Gasteiger partial charge in [0.1, 0.15) is 6.54 Å². The largest absolute Gasteiger partial charge is 0.352 e. The SMILES string of the molecule is O=C(Cn1nc(-c2cccc([N+](=O)[O-])c2)c2ccccc2c1=O)NC1CCCCC1. The van der Waals surface area contributed by atoms with Crippen molar-refractivity contribution < 1.29 is 9.72 Å². The first-order valence-corrected chi connectivity index (χ1v) is 10.1. The summed E-state index contributed by atoms with van der Waals surface area (Å²) in [5, 5.41) is 19.6. The zero-order chi connectivity index (χ0) is 21.1. The number of carbonyl (C=O) groups is 1. The minimum absolute atomic E-state index is 0.0637. The number of amides is 1. The van der Waals surface area contributed by atoms with Crippen LogP contribution in [0.4, 0.5) is 5.69 Å². The van der Waals surface area contributed by atoms with Crippen LogP contribution < -0.4 is 10.9 Å². The Morgan fingerprint density at radius 2 is 1.83 bits per heavy atom. The maximum atomic E-state index is 12.9. The molecule has 8 nitrogen and oxygen atoms in total. The Labute approximate surface area is 172 Å². The smallest absolute Gasteiger partial charge is 0.275 e. The Hall–Kier alpha value is -3.55. The van der Waals surface area contributed by atoms with E-state index < -0.39 is 4.92 Å². The van der Waals surface area contributed by atoms with Crippen LogP contribution in [-0.2, 0) is 11.3 Å². The van der Waals surface area contributed by atoms with E-state index in [9.17, 15) is 19.7 Å². The molecule has 1 saturated carbocycles. The number of nitrogens with one attached hydrogen (secondary N) is 1. The van der Waals surface area contributed by atoms with E-state index in [1.807, 2.05) is 0 Å².